The molecule has 0 amide bonds. The molecule has 1 fully saturated rings. The molecule has 4 nitrogen and oxygen atoms in total. The highest BCUT2D eigenvalue weighted by Crippen LogP contribution is 2.29. The molecule has 2 rings (SSSR count). The Morgan fingerprint density at radius 3 is 2.76 bits per heavy atom. The molecule has 0 spiro atoms. The highest BCUT2D eigenvalue weighted by atomic mass is 35.5. The van der Waals surface area contributed by atoms with E-state index in [2.05, 4.69) is 5.32 Å². The van der Waals surface area contributed by atoms with Gasteiger partial charge in [-0.25, -0.2) is 0 Å². The number of hydrogen-bond donors (Lipinski definition) is 1. The van der Waals surface area contributed by atoms with Gasteiger partial charge in [0.15, 0.2) is 0 Å². The average Bonchev–Trinajstić information content (AvgIpc) is 2.80. The van der Waals surface area contributed by atoms with E-state index in [-0.39, 0.29) is 5.69 Å². The summed E-state index contributed by atoms with van der Waals surface area (Å²) in [5.41, 5.74) is 0.732. The van der Waals surface area contributed by atoms with Crippen molar-refractivity contribution in [3.8, 4) is 0 Å². The summed E-state index contributed by atoms with van der Waals surface area (Å²) in [5, 5.41) is 14.4. The predicted molar refractivity (Wildman–Crippen MR) is 68.6 cm³/mol. The minimum Gasteiger partial charge on any atom is -0.383 e. The maximum Gasteiger partial charge on any atom is 0.271 e. The fourth-order valence-electron chi connectivity index (χ4n) is 2.23. The van der Waals surface area contributed by atoms with E-state index in [9.17, 15) is 10.1 Å². The SMILES string of the molecule is O=[N+]([O-])c1ccc(Cl)c(NCC2CCCC2)c1. The highest BCUT2D eigenvalue weighted by molar-refractivity contribution is 6.33. The molecule has 92 valence electrons. The molecule has 1 aliphatic rings. The lowest BCUT2D eigenvalue weighted by molar-refractivity contribution is -0.384. The van der Waals surface area contributed by atoms with Gasteiger partial charge in [0.05, 0.1) is 15.6 Å². The molecule has 0 aromatic heterocycles. The van der Waals surface area contributed by atoms with Crippen LogP contribution in [0, 0.1) is 16.0 Å². The lowest BCUT2D eigenvalue weighted by Gasteiger charge is -2.12. The zero-order valence-corrected chi connectivity index (χ0v) is 10.2. The van der Waals surface area contributed by atoms with Crippen molar-refractivity contribution in [1.82, 2.24) is 0 Å². The van der Waals surface area contributed by atoms with Crippen LogP contribution in [0.2, 0.25) is 5.02 Å². The van der Waals surface area contributed by atoms with E-state index in [4.69, 9.17) is 11.6 Å². The largest absolute Gasteiger partial charge is 0.383 e. The molecule has 0 aliphatic heterocycles. The Bertz CT molecular complexity index is 417. The first-order chi connectivity index (χ1) is 8.16. The molecule has 0 atom stereocenters. The van der Waals surface area contributed by atoms with Gasteiger partial charge in [-0.05, 0) is 24.8 Å². The number of rotatable bonds is 4. The van der Waals surface area contributed by atoms with Gasteiger partial charge in [0.1, 0.15) is 0 Å². The maximum atomic E-state index is 10.7. The molecule has 0 heterocycles. The molecule has 17 heavy (non-hydrogen) atoms. The van der Waals surface area contributed by atoms with E-state index in [1.807, 2.05) is 0 Å². The Balaban J connectivity index is 2.03. The van der Waals surface area contributed by atoms with Gasteiger partial charge in [0.25, 0.3) is 5.69 Å². The first-order valence-electron chi connectivity index (χ1n) is 5.84. The highest BCUT2D eigenvalue weighted by Gasteiger charge is 2.16. The van der Waals surface area contributed by atoms with Gasteiger partial charge in [-0.1, -0.05) is 24.4 Å². The normalized spacial score (nSPS) is 16.1. The van der Waals surface area contributed by atoms with Crippen LogP contribution in [0.3, 0.4) is 0 Å². The molecule has 1 saturated carbocycles. The van der Waals surface area contributed by atoms with Crippen molar-refractivity contribution in [1.29, 1.82) is 0 Å². The predicted octanol–water partition coefficient (Wildman–Crippen LogP) is 3.85. The summed E-state index contributed by atoms with van der Waals surface area (Å²) >= 11 is 6.00. The van der Waals surface area contributed by atoms with Crippen molar-refractivity contribution < 1.29 is 4.92 Å². The van der Waals surface area contributed by atoms with Crippen LogP contribution in [0.5, 0.6) is 0 Å². The van der Waals surface area contributed by atoms with Crippen LogP contribution < -0.4 is 5.32 Å². The number of nitro groups is 1. The molecular weight excluding hydrogens is 240 g/mol. The Morgan fingerprint density at radius 1 is 1.41 bits per heavy atom. The third kappa shape index (κ3) is 3.09. The first kappa shape index (κ1) is 12.2. The van der Waals surface area contributed by atoms with Gasteiger partial charge in [-0.3, -0.25) is 10.1 Å². The summed E-state index contributed by atoms with van der Waals surface area (Å²) in [7, 11) is 0. The Hall–Kier alpha value is -1.29. The number of non-ortho nitro benzene ring substituents is 1. The van der Waals surface area contributed by atoms with Gasteiger partial charge in [0.2, 0.25) is 0 Å². The summed E-state index contributed by atoms with van der Waals surface area (Å²) < 4.78 is 0. The van der Waals surface area contributed by atoms with E-state index in [1.165, 1.54) is 37.8 Å². The average molecular weight is 255 g/mol. The number of halogens is 1. The fourth-order valence-corrected chi connectivity index (χ4v) is 2.42. The number of nitrogens with one attached hydrogen (secondary N) is 1. The minimum absolute atomic E-state index is 0.0725. The topological polar surface area (TPSA) is 55.2 Å². The second-order valence-electron chi connectivity index (χ2n) is 4.45. The fraction of sp³-hybridized carbons (Fsp3) is 0.500. The van der Waals surface area contributed by atoms with Crippen molar-refractivity contribution in [3.63, 3.8) is 0 Å². The minimum atomic E-state index is -0.406. The molecule has 0 radical (unpaired) electrons. The van der Waals surface area contributed by atoms with Crippen LogP contribution in [0.4, 0.5) is 11.4 Å². The maximum absolute atomic E-state index is 10.7. The molecule has 0 saturated heterocycles. The Labute approximate surface area is 105 Å². The standard InChI is InChI=1S/C12H15ClN2O2/c13-11-6-5-10(15(16)17)7-12(11)14-8-9-3-1-2-4-9/h5-7,9,14H,1-4,8H2. The molecule has 5 heteroatoms. The molecule has 1 aromatic rings. The molecule has 1 aromatic carbocycles. The van der Waals surface area contributed by atoms with Gasteiger partial charge in [-0.2, -0.15) is 0 Å². The summed E-state index contributed by atoms with van der Waals surface area (Å²) in [4.78, 5) is 10.3. The first-order valence-corrected chi connectivity index (χ1v) is 6.22. The number of hydrogen-bond acceptors (Lipinski definition) is 3. The summed E-state index contributed by atoms with van der Waals surface area (Å²) in [5.74, 6) is 0.672. The van der Waals surface area contributed by atoms with Gasteiger partial charge >= 0.3 is 0 Å². The summed E-state index contributed by atoms with van der Waals surface area (Å²) in [6, 6.07) is 4.48. The Kier molecular flexibility index (Phi) is 3.84. The molecule has 0 bridgehead atoms. The van der Waals surface area contributed by atoms with Crippen LogP contribution in [0.15, 0.2) is 18.2 Å². The third-order valence-corrected chi connectivity index (χ3v) is 3.55. The van der Waals surface area contributed by atoms with Gasteiger partial charge in [-0.15, -0.1) is 0 Å². The van der Waals surface area contributed by atoms with Crippen molar-refractivity contribution in [3.05, 3.63) is 33.3 Å². The molecule has 0 unspecified atom stereocenters. The lowest BCUT2D eigenvalue weighted by atomic mass is 10.1. The van der Waals surface area contributed by atoms with Crippen molar-refractivity contribution in [2.75, 3.05) is 11.9 Å². The van der Waals surface area contributed by atoms with Crippen LogP contribution in [-0.4, -0.2) is 11.5 Å². The monoisotopic (exact) mass is 254 g/mol. The van der Waals surface area contributed by atoms with Gasteiger partial charge < -0.3 is 5.32 Å². The molecular formula is C12H15ClN2O2. The quantitative estimate of drug-likeness (QED) is 0.656. The van der Waals surface area contributed by atoms with Crippen molar-refractivity contribution >= 4 is 23.0 Å². The second-order valence-corrected chi connectivity index (χ2v) is 4.86. The summed E-state index contributed by atoms with van der Waals surface area (Å²) in [6.07, 6.45) is 5.04. The zero-order valence-electron chi connectivity index (χ0n) is 9.49. The second kappa shape index (κ2) is 5.36. The Morgan fingerprint density at radius 2 is 2.12 bits per heavy atom. The smallest absolute Gasteiger partial charge is 0.271 e. The van der Waals surface area contributed by atoms with E-state index >= 15 is 0 Å². The van der Waals surface area contributed by atoms with Crippen LogP contribution in [0.25, 0.3) is 0 Å². The van der Waals surface area contributed by atoms with E-state index < -0.39 is 4.92 Å². The number of benzene rings is 1. The van der Waals surface area contributed by atoms with Crippen LogP contribution >= 0.6 is 11.6 Å². The van der Waals surface area contributed by atoms with Crippen LogP contribution in [-0.2, 0) is 0 Å². The lowest BCUT2D eigenvalue weighted by Crippen LogP contribution is -2.11. The molecule has 1 aliphatic carbocycles. The number of anilines is 1. The van der Waals surface area contributed by atoms with Crippen molar-refractivity contribution in [2.24, 2.45) is 5.92 Å². The molecule has 1 N–H and O–H groups in total. The van der Waals surface area contributed by atoms with Crippen LogP contribution in [0.1, 0.15) is 25.7 Å². The van der Waals surface area contributed by atoms with E-state index in [1.54, 1.807) is 6.07 Å². The third-order valence-electron chi connectivity index (χ3n) is 3.22. The van der Waals surface area contributed by atoms with E-state index in [0.717, 1.165) is 6.54 Å². The summed E-state index contributed by atoms with van der Waals surface area (Å²) in [6.45, 7) is 0.848. The van der Waals surface area contributed by atoms with E-state index in [0.29, 0.717) is 16.6 Å². The van der Waals surface area contributed by atoms with Crippen molar-refractivity contribution in [2.45, 2.75) is 25.7 Å². The number of nitrogens with zero attached hydrogens (tertiary/aromatic N) is 1. The zero-order chi connectivity index (χ0) is 12.3. The number of nitro benzene ring substituents is 1. The van der Waals surface area contributed by atoms with Gasteiger partial charge in [0, 0.05) is 18.7 Å².